The number of rotatable bonds is 5. The van der Waals surface area contributed by atoms with Crippen LogP contribution in [0.15, 0.2) is 0 Å². The summed E-state index contributed by atoms with van der Waals surface area (Å²) in [5, 5.41) is 21.6. The van der Waals surface area contributed by atoms with Gasteiger partial charge >= 0.3 is 5.97 Å². The number of nitrogens with one attached hydrogen (secondary N) is 1. The second kappa shape index (κ2) is 28.4. The van der Waals surface area contributed by atoms with Crippen LogP contribution in [0.5, 0.6) is 0 Å². The van der Waals surface area contributed by atoms with Gasteiger partial charge in [-0.2, -0.15) is 0 Å². The first-order valence-electron chi connectivity index (χ1n) is 12.1. The van der Waals surface area contributed by atoms with Gasteiger partial charge in [-0.25, -0.2) is 4.79 Å². The molecule has 0 radical (unpaired) electrons. The smallest absolute Gasteiger partial charge is 0.385 e. The fourth-order valence-electron chi connectivity index (χ4n) is 1.81. The van der Waals surface area contributed by atoms with Crippen molar-refractivity contribution >= 4 is 11.9 Å². The van der Waals surface area contributed by atoms with Crippen molar-refractivity contribution in [1.82, 2.24) is 5.32 Å². The Balaban J connectivity index is -0.0000000268. The Morgan fingerprint density at radius 3 is 1.09 bits per heavy atom. The van der Waals surface area contributed by atoms with E-state index in [0.29, 0.717) is 0 Å². The molecule has 1 amide bonds. The first-order valence-corrected chi connectivity index (χ1v) is 12.1. The zero-order chi connectivity index (χ0) is 33.8. The maximum atomic E-state index is 12.1. The number of amides is 1. The van der Waals surface area contributed by atoms with Gasteiger partial charge in [0.15, 0.2) is 0 Å². The summed E-state index contributed by atoms with van der Waals surface area (Å²) in [4.78, 5) is 23.9. The standard InChI is InChI=1S/C40H15NO5.28H2/c1-3-5-7-9-11-13-15-17-19-21-23-25-27-29-31-33-38(44)41-40(35-42,36-43)37-46-39(45)34-32-30-28-26-24-22-20-18-16-14-12-10-8-6-4-2;;;;;;;;;;;;;;;;;;;;;;;;;;;;/h42-43H,35-37H2,1-2H3,(H,41,44);28*1H. The number of esters is 1. The van der Waals surface area contributed by atoms with Crippen LogP contribution in [-0.2, 0) is 14.3 Å². The van der Waals surface area contributed by atoms with Gasteiger partial charge in [-0.3, -0.25) is 4.79 Å². The average molecular weight is 646 g/mol. The fraction of sp³-hybridized carbons (Fsp3) is 0.150. The summed E-state index contributed by atoms with van der Waals surface area (Å²) in [7, 11) is 0. The minimum atomic E-state index is -1.73. The minimum Gasteiger partial charge on any atom is -0.453 e. The molecule has 6 nitrogen and oxygen atoms in total. The van der Waals surface area contributed by atoms with Crippen LogP contribution in [0.2, 0.25) is 0 Å². The van der Waals surface area contributed by atoms with Crippen molar-refractivity contribution in [3.8, 4) is 189 Å². The first-order chi connectivity index (χ1) is 22.5. The van der Waals surface area contributed by atoms with Crippen molar-refractivity contribution in [3.05, 3.63) is 0 Å². The Bertz CT molecular complexity index is 2320. The monoisotopic (exact) mass is 646 g/mol. The van der Waals surface area contributed by atoms with Crippen LogP contribution in [0.4, 0.5) is 0 Å². The third kappa shape index (κ3) is 23.7. The molecule has 0 heterocycles. The summed E-state index contributed by atoms with van der Waals surface area (Å²) in [6.45, 7) is 1.15. The van der Waals surface area contributed by atoms with Gasteiger partial charge in [-0.15, -0.1) is 0 Å². The molecule has 0 fully saturated rings. The van der Waals surface area contributed by atoms with Crippen LogP contribution in [0, 0.1) is 189 Å². The molecule has 6 heteroatoms. The third-order valence-corrected chi connectivity index (χ3v) is 3.68. The van der Waals surface area contributed by atoms with Gasteiger partial charge in [0.1, 0.15) is 12.1 Å². The van der Waals surface area contributed by atoms with E-state index in [1.807, 2.05) is 0 Å². The molecule has 3 N–H and O–H groups in total. The van der Waals surface area contributed by atoms with Crippen molar-refractivity contribution in [2.45, 2.75) is 19.4 Å². The molecular weight excluding hydrogens is 574 g/mol. The highest BCUT2D eigenvalue weighted by Crippen LogP contribution is 2.04. The Morgan fingerprint density at radius 2 is 0.783 bits per heavy atom. The molecule has 0 rings (SSSR count). The summed E-state index contributed by atoms with van der Waals surface area (Å²) in [5.41, 5.74) is -1.73. The molecule has 0 saturated carbocycles. The molecule has 0 aliphatic heterocycles. The Hall–Kier alpha value is -8.18. The van der Waals surface area contributed by atoms with E-state index in [9.17, 15) is 19.8 Å². The molecule has 46 heavy (non-hydrogen) atoms. The summed E-state index contributed by atoms with van der Waals surface area (Å²) in [6, 6.07) is 0. The number of hydrogen-bond donors (Lipinski definition) is 3. The maximum Gasteiger partial charge on any atom is 0.385 e. The van der Waals surface area contributed by atoms with Crippen LogP contribution in [-0.4, -0.2) is 47.4 Å². The zero-order valence-corrected chi connectivity index (χ0v) is 24.2. The molecule has 0 saturated heterocycles. The lowest BCUT2D eigenvalue weighted by molar-refractivity contribution is -0.141. The summed E-state index contributed by atoms with van der Waals surface area (Å²) < 4.78 is 4.89. The lowest BCUT2D eigenvalue weighted by Gasteiger charge is -2.28. The van der Waals surface area contributed by atoms with Crippen LogP contribution in [0.1, 0.15) is 53.8 Å². The highest BCUT2D eigenvalue weighted by atomic mass is 16.5. The quantitative estimate of drug-likeness (QED) is 0.213. The highest BCUT2D eigenvalue weighted by molar-refractivity contribution is 5.94. The van der Waals surface area contributed by atoms with Crippen molar-refractivity contribution in [3.63, 3.8) is 0 Å². The molecule has 0 aromatic heterocycles. The molecule has 0 aliphatic rings. The van der Waals surface area contributed by atoms with E-state index in [2.05, 4.69) is 195 Å². The number of hydrogen-bond acceptors (Lipinski definition) is 5. The predicted molar refractivity (Wildman–Crippen MR) is 231 cm³/mol. The van der Waals surface area contributed by atoms with E-state index < -0.39 is 37.2 Å². The molecule has 0 aromatic rings. The Kier molecular flexibility index (Phi) is 23.3. The number of aliphatic hydroxyl groups excluding tert-OH is 2. The lowest BCUT2D eigenvalue weighted by atomic mass is 10.0. The van der Waals surface area contributed by atoms with Gasteiger partial charge < -0.3 is 20.3 Å². The molecule has 0 aliphatic carbocycles. The van der Waals surface area contributed by atoms with E-state index in [1.165, 1.54) is 0 Å². The van der Waals surface area contributed by atoms with Gasteiger partial charge in [0, 0.05) is 51.8 Å². The molecule has 0 atom stereocenters. The summed E-state index contributed by atoms with van der Waals surface area (Å²) in [6.07, 6.45) is 0. The molecular formula is C40H71NO5. The van der Waals surface area contributed by atoms with E-state index >= 15 is 0 Å². The molecule has 0 aromatic carbocycles. The second-order valence-electron chi connectivity index (χ2n) is 6.88. The van der Waals surface area contributed by atoms with Gasteiger partial charge in [-0.1, -0.05) is 11.8 Å². The second-order valence-corrected chi connectivity index (χ2v) is 6.88. The van der Waals surface area contributed by atoms with Gasteiger partial charge in [0.25, 0.3) is 5.91 Å². The van der Waals surface area contributed by atoms with E-state index in [-0.39, 0.29) is 39.9 Å². The topological polar surface area (TPSA) is 95.9 Å². The zero-order valence-electron chi connectivity index (χ0n) is 24.2. The summed E-state index contributed by atoms with van der Waals surface area (Å²) >= 11 is 0. The van der Waals surface area contributed by atoms with Crippen molar-refractivity contribution in [2.24, 2.45) is 0 Å². The van der Waals surface area contributed by atoms with Crippen molar-refractivity contribution < 1.29 is 64.5 Å². The lowest BCUT2D eigenvalue weighted by Crippen LogP contribution is -2.57. The number of carbonyl (C=O) groups excluding carboxylic acids is 2. The number of aliphatic hydroxyl groups is 2. The summed E-state index contributed by atoms with van der Waals surface area (Å²) in [5.74, 6) is 75.3. The first kappa shape index (κ1) is 37.8. The van der Waals surface area contributed by atoms with Crippen LogP contribution in [0.3, 0.4) is 0 Å². The molecule has 0 bridgehead atoms. The van der Waals surface area contributed by atoms with Crippen molar-refractivity contribution in [2.75, 3.05) is 19.8 Å². The Labute approximate surface area is 311 Å². The largest absolute Gasteiger partial charge is 0.453 e. The van der Waals surface area contributed by atoms with E-state index in [4.69, 9.17) is 4.74 Å². The van der Waals surface area contributed by atoms with Gasteiger partial charge in [0.05, 0.1) is 13.2 Å². The van der Waals surface area contributed by atoms with Gasteiger partial charge in [-0.05, 0) is 180 Å². The molecule has 266 valence electrons. The number of ether oxygens (including phenoxy) is 1. The van der Waals surface area contributed by atoms with E-state index in [1.54, 1.807) is 13.8 Å². The minimum absolute atomic E-state index is 0. The third-order valence-electron chi connectivity index (χ3n) is 3.68. The average Bonchev–Trinajstić information content (AvgIpc) is 3.06. The normalized spacial score (nSPS) is 6.09. The fourth-order valence-corrected chi connectivity index (χ4v) is 1.81. The van der Waals surface area contributed by atoms with Crippen LogP contribution >= 0.6 is 0 Å². The number of carbonyl (C=O) groups is 2. The molecule has 0 unspecified atom stereocenters. The SMILES string of the molecule is CC#CC#CC#CC#CC#CC#CC#CC#CC(=O)NC(CO)(CO)COC(=O)C#CC#CC#CC#CC#CC#CC#CC#CC.[HH].[HH].[HH].[HH].[HH].[HH].[HH].[HH].[HH].[HH].[HH].[HH].[HH].[HH].[HH].[HH].[HH].[HH].[HH].[HH].[HH].[HH].[HH].[HH].[HH].[HH].[HH].[HH]. The highest BCUT2D eigenvalue weighted by Gasteiger charge is 2.32. The van der Waals surface area contributed by atoms with Gasteiger partial charge in [0.2, 0.25) is 0 Å². The van der Waals surface area contributed by atoms with E-state index in [0.717, 1.165) is 0 Å². The van der Waals surface area contributed by atoms with Crippen LogP contribution in [0.25, 0.3) is 0 Å². The van der Waals surface area contributed by atoms with Crippen LogP contribution < -0.4 is 5.32 Å². The maximum absolute atomic E-state index is 12.1. The Morgan fingerprint density at radius 1 is 0.500 bits per heavy atom. The predicted octanol–water partition coefficient (Wildman–Crippen LogP) is 5.35. The molecule has 0 spiro atoms. The van der Waals surface area contributed by atoms with Crippen molar-refractivity contribution in [1.29, 1.82) is 0 Å².